The van der Waals surface area contributed by atoms with Crippen molar-refractivity contribution in [3.05, 3.63) is 46.0 Å². The second kappa shape index (κ2) is 5.96. The van der Waals surface area contributed by atoms with Crippen LogP contribution in [0.3, 0.4) is 0 Å². The van der Waals surface area contributed by atoms with Gasteiger partial charge in [0.2, 0.25) is 0 Å². The number of amides is 1. The summed E-state index contributed by atoms with van der Waals surface area (Å²) in [5.41, 5.74) is -0.161. The molecule has 3 rings (SSSR count). The lowest BCUT2D eigenvalue weighted by atomic mass is 10.1. The van der Waals surface area contributed by atoms with Crippen molar-refractivity contribution in [1.29, 1.82) is 0 Å². The summed E-state index contributed by atoms with van der Waals surface area (Å²) >= 11 is 5.69. The van der Waals surface area contributed by atoms with Crippen LogP contribution in [0.25, 0.3) is 0 Å². The quantitative estimate of drug-likeness (QED) is 0.894. The van der Waals surface area contributed by atoms with Gasteiger partial charge in [-0.05, 0) is 31.0 Å². The largest absolute Gasteiger partial charge is 0.476 e. The summed E-state index contributed by atoms with van der Waals surface area (Å²) in [6, 6.07) is 3.26. The van der Waals surface area contributed by atoms with Crippen molar-refractivity contribution >= 4 is 23.5 Å². The van der Waals surface area contributed by atoms with E-state index in [-0.39, 0.29) is 22.0 Å². The molecule has 2 N–H and O–H groups in total. The number of nitrogens with zero attached hydrogens (tertiary/aromatic N) is 3. The first-order chi connectivity index (χ1) is 11.0. The summed E-state index contributed by atoms with van der Waals surface area (Å²) in [7, 11) is 0. The van der Waals surface area contributed by atoms with Crippen LogP contribution >= 0.6 is 11.6 Å². The zero-order valence-electron chi connectivity index (χ0n) is 11.8. The SMILES string of the molecule is O=C(O)c1n[nH]nc1C1CCCN1C(=O)c1ccc(Cl)cc1F. The third-order valence-electron chi connectivity index (χ3n) is 3.77. The molecule has 1 saturated heterocycles. The van der Waals surface area contributed by atoms with Gasteiger partial charge in [0, 0.05) is 11.6 Å². The Balaban J connectivity index is 1.94. The number of hydrogen-bond acceptors (Lipinski definition) is 4. The Hall–Kier alpha value is -2.48. The number of carbonyl (C=O) groups excluding carboxylic acids is 1. The molecule has 1 aromatic carbocycles. The minimum Gasteiger partial charge on any atom is -0.476 e. The molecule has 1 aliphatic rings. The van der Waals surface area contributed by atoms with Crippen LogP contribution in [-0.2, 0) is 0 Å². The lowest BCUT2D eigenvalue weighted by molar-refractivity contribution is 0.0670. The van der Waals surface area contributed by atoms with Crippen molar-refractivity contribution in [2.45, 2.75) is 18.9 Å². The summed E-state index contributed by atoms with van der Waals surface area (Å²) in [6.07, 6.45) is 1.20. The summed E-state index contributed by atoms with van der Waals surface area (Å²) in [5, 5.41) is 19.0. The molecule has 1 amide bonds. The predicted molar refractivity (Wildman–Crippen MR) is 77.8 cm³/mol. The van der Waals surface area contributed by atoms with E-state index in [0.717, 1.165) is 6.07 Å². The molecular weight excluding hydrogens is 327 g/mol. The van der Waals surface area contributed by atoms with Gasteiger partial charge in [0.15, 0.2) is 5.69 Å². The monoisotopic (exact) mass is 338 g/mol. The molecule has 0 aliphatic carbocycles. The van der Waals surface area contributed by atoms with Gasteiger partial charge in [0.1, 0.15) is 11.5 Å². The van der Waals surface area contributed by atoms with E-state index in [2.05, 4.69) is 15.4 Å². The second-order valence-corrected chi connectivity index (χ2v) is 5.58. The smallest absolute Gasteiger partial charge is 0.358 e. The molecule has 0 spiro atoms. The summed E-state index contributed by atoms with van der Waals surface area (Å²) < 4.78 is 14.0. The summed E-state index contributed by atoms with van der Waals surface area (Å²) in [5.74, 6) is -2.47. The number of carbonyl (C=O) groups is 2. The fourth-order valence-electron chi connectivity index (χ4n) is 2.74. The molecular formula is C14H12ClFN4O3. The van der Waals surface area contributed by atoms with E-state index in [1.165, 1.54) is 17.0 Å². The molecule has 1 aromatic heterocycles. The molecule has 9 heteroatoms. The molecule has 7 nitrogen and oxygen atoms in total. The van der Waals surface area contributed by atoms with E-state index in [0.29, 0.717) is 19.4 Å². The molecule has 1 unspecified atom stereocenters. The van der Waals surface area contributed by atoms with Crippen molar-refractivity contribution in [3.63, 3.8) is 0 Å². The highest BCUT2D eigenvalue weighted by atomic mass is 35.5. The Morgan fingerprint density at radius 2 is 2.17 bits per heavy atom. The van der Waals surface area contributed by atoms with Crippen LogP contribution < -0.4 is 0 Å². The Morgan fingerprint density at radius 3 is 2.87 bits per heavy atom. The van der Waals surface area contributed by atoms with Crippen molar-refractivity contribution < 1.29 is 19.1 Å². The molecule has 120 valence electrons. The Bertz CT molecular complexity index is 779. The molecule has 0 radical (unpaired) electrons. The van der Waals surface area contributed by atoms with Gasteiger partial charge in [-0.1, -0.05) is 11.6 Å². The number of carboxylic acids is 1. The molecule has 1 aliphatic heterocycles. The van der Waals surface area contributed by atoms with E-state index in [9.17, 15) is 14.0 Å². The standard InChI is InChI=1S/C14H12ClFN4O3/c15-7-3-4-8(9(16)6-7)13(21)20-5-1-2-10(20)11-12(14(22)23)18-19-17-11/h3-4,6,10H,1-2,5H2,(H,22,23)(H,17,18,19). The number of aromatic nitrogens is 3. The number of aromatic carboxylic acids is 1. The number of H-pyrrole nitrogens is 1. The molecule has 0 bridgehead atoms. The summed E-state index contributed by atoms with van der Waals surface area (Å²) in [6.45, 7) is 0.386. The van der Waals surface area contributed by atoms with Crippen LogP contribution in [0.2, 0.25) is 5.02 Å². The van der Waals surface area contributed by atoms with Gasteiger partial charge in [-0.2, -0.15) is 10.3 Å². The van der Waals surface area contributed by atoms with Crippen molar-refractivity contribution in [2.24, 2.45) is 0 Å². The first-order valence-corrected chi connectivity index (χ1v) is 7.27. The van der Waals surface area contributed by atoms with E-state index < -0.39 is 23.7 Å². The third kappa shape index (κ3) is 2.77. The Morgan fingerprint density at radius 1 is 1.39 bits per heavy atom. The number of benzene rings is 1. The van der Waals surface area contributed by atoms with E-state index >= 15 is 0 Å². The summed E-state index contributed by atoms with van der Waals surface area (Å²) in [4.78, 5) is 25.2. The van der Waals surface area contributed by atoms with Crippen molar-refractivity contribution in [3.8, 4) is 0 Å². The number of nitrogens with one attached hydrogen (secondary N) is 1. The highest BCUT2D eigenvalue weighted by molar-refractivity contribution is 6.30. The number of aromatic amines is 1. The molecule has 2 heterocycles. The maximum Gasteiger partial charge on any atom is 0.358 e. The van der Waals surface area contributed by atoms with Gasteiger partial charge in [-0.15, -0.1) is 5.10 Å². The third-order valence-corrected chi connectivity index (χ3v) is 4.00. The topological polar surface area (TPSA) is 99.2 Å². The zero-order valence-corrected chi connectivity index (χ0v) is 12.5. The number of hydrogen-bond donors (Lipinski definition) is 2. The molecule has 1 atom stereocenters. The Labute approximate surface area is 135 Å². The Kier molecular flexibility index (Phi) is 3.99. The first-order valence-electron chi connectivity index (χ1n) is 6.89. The maximum absolute atomic E-state index is 14.0. The second-order valence-electron chi connectivity index (χ2n) is 5.14. The molecule has 2 aromatic rings. The lowest BCUT2D eigenvalue weighted by Crippen LogP contribution is -2.32. The maximum atomic E-state index is 14.0. The number of carboxylic acid groups (broad SMARTS) is 1. The van der Waals surface area contributed by atoms with Crippen LogP contribution in [0.15, 0.2) is 18.2 Å². The van der Waals surface area contributed by atoms with Gasteiger partial charge in [-0.3, -0.25) is 4.79 Å². The zero-order chi connectivity index (χ0) is 16.6. The fraction of sp³-hybridized carbons (Fsp3) is 0.286. The van der Waals surface area contributed by atoms with Crippen LogP contribution in [0.4, 0.5) is 4.39 Å². The highest BCUT2D eigenvalue weighted by Crippen LogP contribution is 2.33. The van der Waals surface area contributed by atoms with Gasteiger partial charge in [0.05, 0.1) is 11.6 Å². The number of halogens is 2. The van der Waals surface area contributed by atoms with Gasteiger partial charge in [0.25, 0.3) is 5.91 Å². The molecule has 1 fully saturated rings. The van der Waals surface area contributed by atoms with Gasteiger partial charge >= 0.3 is 5.97 Å². The fourth-order valence-corrected chi connectivity index (χ4v) is 2.90. The van der Waals surface area contributed by atoms with Gasteiger partial charge < -0.3 is 10.0 Å². The van der Waals surface area contributed by atoms with Crippen LogP contribution in [0, 0.1) is 5.82 Å². The number of rotatable bonds is 3. The minimum atomic E-state index is -1.23. The first kappa shape index (κ1) is 15.4. The average Bonchev–Trinajstić information content (AvgIpc) is 3.15. The van der Waals surface area contributed by atoms with Crippen LogP contribution in [-0.4, -0.2) is 43.8 Å². The normalized spacial score (nSPS) is 17.5. The van der Waals surface area contributed by atoms with Gasteiger partial charge in [-0.25, -0.2) is 9.18 Å². The van der Waals surface area contributed by atoms with E-state index in [4.69, 9.17) is 16.7 Å². The molecule has 0 saturated carbocycles. The number of likely N-dealkylation sites (tertiary alicyclic amines) is 1. The van der Waals surface area contributed by atoms with E-state index in [1.54, 1.807) is 0 Å². The predicted octanol–water partition coefficient (Wildman–Crippen LogP) is 2.27. The van der Waals surface area contributed by atoms with Crippen molar-refractivity contribution in [1.82, 2.24) is 20.3 Å². The van der Waals surface area contributed by atoms with Crippen LogP contribution in [0.1, 0.15) is 45.4 Å². The minimum absolute atomic E-state index is 0.110. The average molecular weight is 339 g/mol. The van der Waals surface area contributed by atoms with Crippen LogP contribution in [0.5, 0.6) is 0 Å². The lowest BCUT2D eigenvalue weighted by Gasteiger charge is -2.23. The molecule has 23 heavy (non-hydrogen) atoms. The van der Waals surface area contributed by atoms with E-state index in [1.807, 2.05) is 0 Å². The highest BCUT2D eigenvalue weighted by Gasteiger charge is 2.36. The van der Waals surface area contributed by atoms with Crippen molar-refractivity contribution in [2.75, 3.05) is 6.54 Å².